The van der Waals surface area contributed by atoms with Crippen LogP contribution in [0, 0.1) is 0 Å². The SMILES string of the molecule is CCNC1COC(=O)C1. The van der Waals surface area contributed by atoms with Gasteiger partial charge in [-0.3, -0.25) is 4.79 Å². The van der Waals surface area contributed by atoms with E-state index in [1.54, 1.807) is 0 Å². The summed E-state index contributed by atoms with van der Waals surface area (Å²) in [7, 11) is 0. The Morgan fingerprint density at radius 3 is 3.11 bits per heavy atom. The number of carbonyl (C=O) groups excluding carboxylic acids is 1. The van der Waals surface area contributed by atoms with E-state index in [0.717, 1.165) is 6.54 Å². The fraction of sp³-hybridized carbons (Fsp3) is 0.833. The number of rotatable bonds is 2. The highest BCUT2D eigenvalue weighted by atomic mass is 16.5. The summed E-state index contributed by atoms with van der Waals surface area (Å²) in [6, 6.07) is 0.266. The summed E-state index contributed by atoms with van der Waals surface area (Å²) in [6.45, 7) is 3.47. The molecule has 1 aliphatic rings. The number of hydrogen-bond acceptors (Lipinski definition) is 3. The molecule has 1 unspecified atom stereocenters. The summed E-state index contributed by atoms with van der Waals surface area (Å²) in [5, 5.41) is 3.13. The molecule has 0 aliphatic carbocycles. The lowest BCUT2D eigenvalue weighted by molar-refractivity contribution is -0.137. The number of carbonyl (C=O) groups is 1. The first-order valence-electron chi connectivity index (χ1n) is 3.22. The lowest BCUT2D eigenvalue weighted by Gasteiger charge is -2.03. The second kappa shape index (κ2) is 2.82. The molecule has 0 saturated carbocycles. The highest BCUT2D eigenvalue weighted by Gasteiger charge is 2.21. The van der Waals surface area contributed by atoms with Crippen molar-refractivity contribution < 1.29 is 9.53 Å². The Labute approximate surface area is 54.4 Å². The monoisotopic (exact) mass is 129 g/mol. The Morgan fingerprint density at radius 1 is 1.89 bits per heavy atom. The van der Waals surface area contributed by atoms with E-state index < -0.39 is 0 Å². The average Bonchev–Trinajstić information content (AvgIpc) is 2.17. The van der Waals surface area contributed by atoms with E-state index in [0.29, 0.717) is 13.0 Å². The van der Waals surface area contributed by atoms with Gasteiger partial charge in [-0.25, -0.2) is 0 Å². The molecule has 9 heavy (non-hydrogen) atoms. The van der Waals surface area contributed by atoms with Gasteiger partial charge in [-0.05, 0) is 6.54 Å². The number of nitrogens with one attached hydrogen (secondary N) is 1. The van der Waals surface area contributed by atoms with Gasteiger partial charge in [0.2, 0.25) is 0 Å². The predicted molar refractivity (Wildman–Crippen MR) is 33.0 cm³/mol. The molecule has 0 aromatic carbocycles. The first kappa shape index (κ1) is 6.55. The van der Waals surface area contributed by atoms with Gasteiger partial charge in [0, 0.05) is 0 Å². The molecule has 1 rings (SSSR count). The van der Waals surface area contributed by atoms with Crippen LogP contribution in [0.1, 0.15) is 13.3 Å². The summed E-state index contributed by atoms with van der Waals surface area (Å²) in [6.07, 6.45) is 0.536. The molecule has 0 spiro atoms. The molecular formula is C6H11NO2. The number of likely N-dealkylation sites (N-methyl/N-ethyl adjacent to an activating group) is 1. The van der Waals surface area contributed by atoms with Crippen LogP contribution in [0.25, 0.3) is 0 Å². The zero-order valence-corrected chi connectivity index (χ0v) is 5.52. The maximum absolute atomic E-state index is 10.5. The fourth-order valence-corrected chi connectivity index (χ4v) is 0.932. The highest BCUT2D eigenvalue weighted by Crippen LogP contribution is 2.04. The Bertz CT molecular complexity index is 114. The number of ether oxygens (including phenoxy) is 1. The second-order valence-electron chi connectivity index (χ2n) is 2.14. The van der Waals surface area contributed by atoms with Gasteiger partial charge in [0.25, 0.3) is 0 Å². The van der Waals surface area contributed by atoms with Crippen molar-refractivity contribution in [3.8, 4) is 0 Å². The van der Waals surface area contributed by atoms with Crippen LogP contribution in [0.4, 0.5) is 0 Å². The van der Waals surface area contributed by atoms with Gasteiger partial charge < -0.3 is 10.1 Å². The molecule has 1 fully saturated rings. The van der Waals surface area contributed by atoms with Gasteiger partial charge in [-0.1, -0.05) is 6.92 Å². The molecule has 0 amide bonds. The molecule has 1 heterocycles. The van der Waals surface area contributed by atoms with Crippen LogP contribution in [0.15, 0.2) is 0 Å². The molecule has 0 aromatic heterocycles. The van der Waals surface area contributed by atoms with Crippen LogP contribution in [-0.2, 0) is 9.53 Å². The Hall–Kier alpha value is -0.570. The van der Waals surface area contributed by atoms with E-state index in [1.165, 1.54) is 0 Å². The molecule has 1 N–H and O–H groups in total. The van der Waals surface area contributed by atoms with Crippen LogP contribution in [0.3, 0.4) is 0 Å². The third-order valence-electron chi connectivity index (χ3n) is 1.35. The molecule has 0 aromatic rings. The van der Waals surface area contributed by atoms with E-state index in [4.69, 9.17) is 4.74 Å². The van der Waals surface area contributed by atoms with Gasteiger partial charge in [0.05, 0.1) is 12.5 Å². The van der Waals surface area contributed by atoms with Gasteiger partial charge in [-0.2, -0.15) is 0 Å². The van der Waals surface area contributed by atoms with Crippen molar-refractivity contribution in [1.29, 1.82) is 0 Å². The maximum atomic E-state index is 10.5. The lowest BCUT2D eigenvalue weighted by atomic mass is 10.2. The van der Waals surface area contributed by atoms with Gasteiger partial charge in [-0.15, -0.1) is 0 Å². The van der Waals surface area contributed by atoms with Crippen molar-refractivity contribution >= 4 is 5.97 Å². The van der Waals surface area contributed by atoms with E-state index in [9.17, 15) is 4.79 Å². The van der Waals surface area contributed by atoms with Crippen molar-refractivity contribution in [1.82, 2.24) is 5.32 Å². The topological polar surface area (TPSA) is 38.3 Å². The van der Waals surface area contributed by atoms with Gasteiger partial charge >= 0.3 is 5.97 Å². The quantitative estimate of drug-likeness (QED) is 0.529. The Morgan fingerprint density at radius 2 is 2.67 bits per heavy atom. The van der Waals surface area contributed by atoms with Crippen LogP contribution >= 0.6 is 0 Å². The third kappa shape index (κ3) is 1.68. The number of esters is 1. The minimum absolute atomic E-state index is 0.0825. The first-order valence-corrected chi connectivity index (χ1v) is 3.22. The zero-order chi connectivity index (χ0) is 6.69. The predicted octanol–water partition coefficient (Wildman–Crippen LogP) is -0.0886. The second-order valence-corrected chi connectivity index (χ2v) is 2.14. The molecule has 52 valence electrons. The summed E-state index contributed by atoms with van der Waals surface area (Å²) < 4.78 is 4.72. The largest absolute Gasteiger partial charge is 0.464 e. The molecule has 3 heteroatoms. The number of hydrogen-bond donors (Lipinski definition) is 1. The molecule has 0 radical (unpaired) electrons. The molecule has 1 saturated heterocycles. The van der Waals surface area contributed by atoms with E-state index >= 15 is 0 Å². The molecule has 3 nitrogen and oxygen atoms in total. The Kier molecular flexibility index (Phi) is 2.05. The molecular weight excluding hydrogens is 118 g/mol. The highest BCUT2D eigenvalue weighted by molar-refractivity contribution is 5.72. The summed E-state index contributed by atoms with van der Waals surface area (Å²) in [5.74, 6) is -0.0825. The standard InChI is InChI=1S/C6H11NO2/c1-2-7-5-3-6(8)9-4-5/h5,7H,2-4H2,1H3. The summed E-state index contributed by atoms with van der Waals surface area (Å²) in [5.41, 5.74) is 0. The molecule has 0 bridgehead atoms. The van der Waals surface area contributed by atoms with Crippen LogP contribution in [-0.4, -0.2) is 25.2 Å². The minimum Gasteiger partial charge on any atom is -0.464 e. The van der Waals surface area contributed by atoms with Crippen molar-refractivity contribution in [3.05, 3.63) is 0 Å². The number of cyclic esters (lactones) is 1. The van der Waals surface area contributed by atoms with Gasteiger partial charge in [0.15, 0.2) is 0 Å². The first-order chi connectivity index (χ1) is 4.33. The molecule has 1 atom stereocenters. The van der Waals surface area contributed by atoms with Crippen LogP contribution < -0.4 is 5.32 Å². The lowest BCUT2D eigenvalue weighted by Crippen LogP contribution is -2.28. The normalized spacial score (nSPS) is 26.3. The van der Waals surface area contributed by atoms with Crippen molar-refractivity contribution in [3.63, 3.8) is 0 Å². The smallest absolute Gasteiger partial charge is 0.307 e. The third-order valence-corrected chi connectivity index (χ3v) is 1.35. The fourth-order valence-electron chi connectivity index (χ4n) is 0.932. The van der Waals surface area contributed by atoms with Crippen molar-refractivity contribution in [2.45, 2.75) is 19.4 Å². The maximum Gasteiger partial charge on any atom is 0.307 e. The average molecular weight is 129 g/mol. The van der Waals surface area contributed by atoms with E-state index in [-0.39, 0.29) is 12.0 Å². The Balaban J connectivity index is 2.22. The van der Waals surface area contributed by atoms with Gasteiger partial charge in [0.1, 0.15) is 6.61 Å². The van der Waals surface area contributed by atoms with Crippen molar-refractivity contribution in [2.75, 3.05) is 13.2 Å². The summed E-state index contributed by atoms with van der Waals surface area (Å²) >= 11 is 0. The summed E-state index contributed by atoms with van der Waals surface area (Å²) in [4.78, 5) is 10.5. The van der Waals surface area contributed by atoms with E-state index in [1.807, 2.05) is 6.92 Å². The van der Waals surface area contributed by atoms with Crippen LogP contribution in [0.2, 0.25) is 0 Å². The zero-order valence-electron chi connectivity index (χ0n) is 5.52. The van der Waals surface area contributed by atoms with Crippen LogP contribution in [0.5, 0.6) is 0 Å². The minimum atomic E-state index is -0.0825. The molecule has 1 aliphatic heterocycles. The van der Waals surface area contributed by atoms with E-state index in [2.05, 4.69) is 5.32 Å². The van der Waals surface area contributed by atoms with Crippen molar-refractivity contribution in [2.24, 2.45) is 0 Å².